The number of aliphatic carboxylic acids is 1. The van der Waals surface area contributed by atoms with Crippen molar-refractivity contribution in [3.63, 3.8) is 0 Å². The summed E-state index contributed by atoms with van der Waals surface area (Å²) in [5.74, 6) is -1.49. The van der Waals surface area contributed by atoms with E-state index in [1.165, 1.54) is 11.2 Å². The molecule has 0 aliphatic heterocycles. The van der Waals surface area contributed by atoms with Crippen molar-refractivity contribution in [3.05, 3.63) is 24.2 Å². The Balaban J connectivity index is 2.44. The van der Waals surface area contributed by atoms with Crippen LogP contribution in [0.4, 0.5) is 4.79 Å². The second-order valence-corrected chi connectivity index (χ2v) is 4.07. The number of nitrogens with one attached hydrogen (secondary N) is 1. The van der Waals surface area contributed by atoms with Crippen molar-refractivity contribution in [1.82, 2.24) is 10.2 Å². The molecule has 0 radical (unpaired) electrons. The van der Waals surface area contributed by atoms with E-state index in [1.807, 2.05) is 6.92 Å². The van der Waals surface area contributed by atoms with Crippen LogP contribution in [0.5, 0.6) is 0 Å². The molecule has 0 saturated carbocycles. The van der Waals surface area contributed by atoms with Crippen LogP contribution in [0.3, 0.4) is 0 Å². The van der Waals surface area contributed by atoms with Gasteiger partial charge in [0.1, 0.15) is 0 Å². The first-order valence-corrected chi connectivity index (χ1v) is 5.81. The SMILES string of the molecule is CCN(CC(C)C(=O)O)C(=O)NCc1ccoc1. The monoisotopic (exact) mass is 254 g/mol. The third-order valence-electron chi connectivity index (χ3n) is 2.61. The van der Waals surface area contributed by atoms with E-state index in [-0.39, 0.29) is 12.6 Å². The van der Waals surface area contributed by atoms with Crippen LogP contribution >= 0.6 is 0 Å². The van der Waals surface area contributed by atoms with Crippen molar-refractivity contribution in [1.29, 1.82) is 0 Å². The zero-order valence-electron chi connectivity index (χ0n) is 10.5. The van der Waals surface area contributed by atoms with Crippen LogP contribution in [0, 0.1) is 5.92 Å². The van der Waals surface area contributed by atoms with E-state index >= 15 is 0 Å². The van der Waals surface area contributed by atoms with Crippen LogP contribution in [-0.2, 0) is 11.3 Å². The molecule has 2 amide bonds. The first-order chi connectivity index (χ1) is 8.54. The smallest absolute Gasteiger partial charge is 0.317 e. The number of amides is 2. The molecular formula is C12H18N2O4. The molecule has 1 rings (SSSR count). The van der Waals surface area contributed by atoms with Gasteiger partial charge in [-0.2, -0.15) is 0 Å². The largest absolute Gasteiger partial charge is 0.481 e. The average Bonchev–Trinajstić information content (AvgIpc) is 2.85. The Morgan fingerprint density at radius 1 is 1.56 bits per heavy atom. The highest BCUT2D eigenvalue weighted by Crippen LogP contribution is 2.02. The summed E-state index contributed by atoms with van der Waals surface area (Å²) < 4.78 is 4.89. The molecule has 1 aromatic rings. The fraction of sp³-hybridized carbons (Fsp3) is 0.500. The fourth-order valence-corrected chi connectivity index (χ4v) is 1.45. The van der Waals surface area contributed by atoms with Gasteiger partial charge in [-0.25, -0.2) is 4.79 Å². The molecule has 1 aromatic heterocycles. The van der Waals surface area contributed by atoms with Crippen LogP contribution in [-0.4, -0.2) is 35.1 Å². The van der Waals surface area contributed by atoms with E-state index in [4.69, 9.17) is 9.52 Å². The zero-order valence-corrected chi connectivity index (χ0v) is 10.5. The minimum atomic E-state index is -0.906. The summed E-state index contributed by atoms with van der Waals surface area (Å²) in [5.41, 5.74) is 0.866. The van der Waals surface area contributed by atoms with Gasteiger partial charge in [-0.05, 0) is 13.0 Å². The van der Waals surface area contributed by atoms with Gasteiger partial charge >= 0.3 is 12.0 Å². The number of nitrogens with zero attached hydrogens (tertiary/aromatic N) is 1. The van der Waals surface area contributed by atoms with Crippen LogP contribution < -0.4 is 5.32 Å². The molecule has 6 nitrogen and oxygen atoms in total. The lowest BCUT2D eigenvalue weighted by molar-refractivity contribution is -0.141. The molecule has 0 aliphatic carbocycles. The standard InChI is InChI=1S/C12H18N2O4/c1-3-14(7-9(2)11(15)16)12(17)13-6-10-4-5-18-8-10/h4-5,8-9H,3,6-7H2,1-2H3,(H,13,17)(H,15,16). The van der Waals surface area contributed by atoms with Crippen LogP contribution in [0.25, 0.3) is 0 Å². The molecule has 0 bridgehead atoms. The number of carbonyl (C=O) groups is 2. The molecule has 1 atom stereocenters. The Labute approximate surface area is 106 Å². The number of rotatable bonds is 6. The van der Waals surface area contributed by atoms with Crippen LogP contribution in [0.1, 0.15) is 19.4 Å². The van der Waals surface area contributed by atoms with Crippen molar-refractivity contribution in [2.75, 3.05) is 13.1 Å². The van der Waals surface area contributed by atoms with Crippen molar-refractivity contribution in [2.24, 2.45) is 5.92 Å². The summed E-state index contributed by atoms with van der Waals surface area (Å²) in [4.78, 5) is 24.0. The van der Waals surface area contributed by atoms with Gasteiger partial charge < -0.3 is 19.7 Å². The molecule has 0 saturated heterocycles. The first-order valence-electron chi connectivity index (χ1n) is 5.81. The number of furan rings is 1. The number of hydrogen-bond donors (Lipinski definition) is 2. The van der Waals surface area contributed by atoms with Gasteiger partial charge in [0, 0.05) is 25.2 Å². The molecule has 18 heavy (non-hydrogen) atoms. The van der Waals surface area contributed by atoms with Crippen molar-refractivity contribution in [3.8, 4) is 0 Å². The van der Waals surface area contributed by atoms with E-state index in [2.05, 4.69) is 5.32 Å². The molecule has 1 heterocycles. The molecule has 0 spiro atoms. The Morgan fingerprint density at radius 2 is 2.28 bits per heavy atom. The second kappa shape index (κ2) is 6.68. The molecule has 0 aliphatic rings. The van der Waals surface area contributed by atoms with Gasteiger partial charge in [0.05, 0.1) is 18.4 Å². The van der Waals surface area contributed by atoms with E-state index in [0.29, 0.717) is 13.1 Å². The van der Waals surface area contributed by atoms with E-state index in [0.717, 1.165) is 5.56 Å². The van der Waals surface area contributed by atoms with Crippen LogP contribution in [0.15, 0.2) is 23.0 Å². The van der Waals surface area contributed by atoms with E-state index < -0.39 is 11.9 Å². The Kier molecular flexibility index (Phi) is 5.23. The summed E-state index contributed by atoms with van der Waals surface area (Å²) in [6, 6.07) is 1.49. The third kappa shape index (κ3) is 4.12. The topological polar surface area (TPSA) is 82.8 Å². The summed E-state index contributed by atoms with van der Waals surface area (Å²) >= 11 is 0. The fourth-order valence-electron chi connectivity index (χ4n) is 1.45. The van der Waals surface area contributed by atoms with Crippen LogP contribution in [0.2, 0.25) is 0 Å². The van der Waals surface area contributed by atoms with Crippen molar-refractivity contribution in [2.45, 2.75) is 20.4 Å². The van der Waals surface area contributed by atoms with Gasteiger partial charge in [0.2, 0.25) is 0 Å². The first kappa shape index (κ1) is 14.1. The van der Waals surface area contributed by atoms with Gasteiger partial charge in [-0.15, -0.1) is 0 Å². The maximum Gasteiger partial charge on any atom is 0.317 e. The highest BCUT2D eigenvalue weighted by Gasteiger charge is 2.18. The lowest BCUT2D eigenvalue weighted by atomic mass is 10.2. The predicted octanol–water partition coefficient (Wildman–Crippen LogP) is 1.53. The Bertz CT molecular complexity index is 389. The van der Waals surface area contributed by atoms with Gasteiger partial charge in [-0.3, -0.25) is 4.79 Å². The lowest BCUT2D eigenvalue weighted by Gasteiger charge is -2.23. The van der Waals surface area contributed by atoms with E-state index in [1.54, 1.807) is 19.3 Å². The maximum absolute atomic E-state index is 11.8. The van der Waals surface area contributed by atoms with Gasteiger partial charge in [-0.1, -0.05) is 6.92 Å². The minimum Gasteiger partial charge on any atom is -0.481 e. The second-order valence-electron chi connectivity index (χ2n) is 4.07. The molecule has 0 fully saturated rings. The highest BCUT2D eigenvalue weighted by atomic mass is 16.4. The van der Waals surface area contributed by atoms with Crippen molar-refractivity contribution >= 4 is 12.0 Å². The number of urea groups is 1. The molecule has 100 valence electrons. The number of carbonyl (C=O) groups excluding carboxylic acids is 1. The third-order valence-corrected chi connectivity index (χ3v) is 2.61. The predicted molar refractivity (Wildman–Crippen MR) is 65.0 cm³/mol. The summed E-state index contributed by atoms with van der Waals surface area (Å²) in [6.45, 7) is 4.42. The van der Waals surface area contributed by atoms with E-state index in [9.17, 15) is 9.59 Å². The number of hydrogen-bond acceptors (Lipinski definition) is 3. The quantitative estimate of drug-likeness (QED) is 0.806. The van der Waals surface area contributed by atoms with Crippen molar-refractivity contribution < 1.29 is 19.1 Å². The molecule has 6 heteroatoms. The number of carboxylic acid groups (broad SMARTS) is 1. The zero-order chi connectivity index (χ0) is 13.5. The van der Waals surface area contributed by atoms with Gasteiger partial charge in [0.15, 0.2) is 0 Å². The van der Waals surface area contributed by atoms with Gasteiger partial charge in [0.25, 0.3) is 0 Å². The summed E-state index contributed by atoms with van der Waals surface area (Å²) in [5, 5.41) is 11.5. The Morgan fingerprint density at radius 3 is 2.78 bits per heavy atom. The molecular weight excluding hydrogens is 236 g/mol. The number of carboxylic acids is 1. The highest BCUT2D eigenvalue weighted by molar-refractivity contribution is 5.75. The normalized spacial score (nSPS) is 11.9. The summed E-state index contributed by atoms with van der Waals surface area (Å²) in [7, 11) is 0. The minimum absolute atomic E-state index is 0.197. The summed E-state index contributed by atoms with van der Waals surface area (Å²) in [6.07, 6.45) is 3.09. The average molecular weight is 254 g/mol. The molecule has 2 N–H and O–H groups in total. The molecule has 1 unspecified atom stereocenters. The Hall–Kier alpha value is -1.98. The molecule has 0 aromatic carbocycles. The lowest BCUT2D eigenvalue weighted by Crippen LogP contribution is -2.42. The maximum atomic E-state index is 11.8.